The lowest BCUT2D eigenvalue weighted by Crippen LogP contribution is -2.29. The molecule has 0 radical (unpaired) electrons. The number of nitrogens with one attached hydrogen (secondary N) is 1. The van der Waals surface area contributed by atoms with Gasteiger partial charge >= 0.3 is 0 Å². The summed E-state index contributed by atoms with van der Waals surface area (Å²) in [5.41, 5.74) is 2.82. The van der Waals surface area contributed by atoms with Crippen molar-refractivity contribution in [2.24, 2.45) is 5.16 Å². The van der Waals surface area contributed by atoms with Gasteiger partial charge in [0.1, 0.15) is 19.5 Å². The summed E-state index contributed by atoms with van der Waals surface area (Å²) in [5, 5.41) is 6.42. The number of aryl methyl sites for hydroxylation is 1. The van der Waals surface area contributed by atoms with Crippen LogP contribution in [0.1, 0.15) is 16.7 Å². The van der Waals surface area contributed by atoms with Gasteiger partial charge in [-0.2, -0.15) is 0 Å². The first-order chi connectivity index (χ1) is 11.2. The highest BCUT2D eigenvalue weighted by Crippen LogP contribution is 2.19. The van der Waals surface area contributed by atoms with Crippen LogP contribution in [0.5, 0.6) is 5.75 Å². The smallest absolute Gasteiger partial charge is 0.273 e. The Morgan fingerprint density at radius 1 is 1.13 bits per heavy atom. The maximum absolute atomic E-state index is 12.0. The fraction of sp³-hybridized carbons (Fsp3) is 0.222. The van der Waals surface area contributed by atoms with Crippen LogP contribution < -0.4 is 10.1 Å². The van der Waals surface area contributed by atoms with Gasteiger partial charge in [-0.25, -0.2) is 0 Å². The minimum absolute atomic E-state index is 0.221. The van der Waals surface area contributed by atoms with Gasteiger partial charge in [0.05, 0.1) is 0 Å². The number of nitrogens with zero attached hydrogens (tertiary/aromatic N) is 1. The molecule has 0 fully saturated rings. The van der Waals surface area contributed by atoms with Crippen LogP contribution in [0.3, 0.4) is 0 Å². The third kappa shape index (κ3) is 4.10. The molecular weight excluding hydrogens is 292 g/mol. The lowest BCUT2D eigenvalue weighted by atomic mass is 10.0. The molecule has 120 valence electrons. The predicted octanol–water partition coefficient (Wildman–Crippen LogP) is 2.67. The summed E-state index contributed by atoms with van der Waals surface area (Å²) in [5.74, 6) is 0.502. The number of hydrogen-bond donors (Lipinski definition) is 1. The molecule has 0 spiro atoms. The number of para-hydroxylation sites is 1. The molecule has 0 bridgehead atoms. The number of ether oxygens (including phenoxy) is 1. The van der Waals surface area contributed by atoms with Gasteiger partial charge in [0, 0.05) is 12.6 Å². The molecular formula is C18H20N2O3. The number of carbonyl (C=O) groups is 1. The second kappa shape index (κ2) is 7.98. The lowest BCUT2D eigenvalue weighted by molar-refractivity contribution is -0.114. The van der Waals surface area contributed by atoms with Crippen LogP contribution in [-0.4, -0.2) is 25.8 Å². The minimum Gasteiger partial charge on any atom is -0.489 e. The van der Waals surface area contributed by atoms with Gasteiger partial charge in [-0.3, -0.25) is 4.79 Å². The molecule has 0 saturated heterocycles. The molecule has 0 unspecified atom stereocenters. The van der Waals surface area contributed by atoms with E-state index in [0.717, 1.165) is 16.9 Å². The van der Waals surface area contributed by atoms with Gasteiger partial charge in [0.2, 0.25) is 0 Å². The van der Waals surface area contributed by atoms with Crippen LogP contribution in [0.25, 0.3) is 0 Å². The van der Waals surface area contributed by atoms with Gasteiger partial charge in [0.15, 0.2) is 5.71 Å². The summed E-state index contributed by atoms with van der Waals surface area (Å²) in [6, 6.07) is 15.3. The highest BCUT2D eigenvalue weighted by Gasteiger charge is 2.17. The molecule has 0 saturated carbocycles. The zero-order chi connectivity index (χ0) is 16.7. The van der Waals surface area contributed by atoms with E-state index >= 15 is 0 Å². The monoisotopic (exact) mass is 312 g/mol. The van der Waals surface area contributed by atoms with Crippen LogP contribution in [0, 0.1) is 6.92 Å². The Hall–Kier alpha value is -2.82. The Morgan fingerprint density at radius 3 is 2.52 bits per heavy atom. The molecule has 0 aliphatic heterocycles. The zero-order valence-corrected chi connectivity index (χ0v) is 13.5. The summed E-state index contributed by atoms with van der Waals surface area (Å²) in [4.78, 5) is 16.8. The maximum atomic E-state index is 12.0. The Bertz CT molecular complexity index is 711. The van der Waals surface area contributed by atoms with Crippen LogP contribution in [0.15, 0.2) is 53.7 Å². The van der Waals surface area contributed by atoms with E-state index in [1.54, 1.807) is 7.05 Å². The summed E-state index contributed by atoms with van der Waals surface area (Å²) in [6.07, 6.45) is 0. The van der Waals surface area contributed by atoms with Gasteiger partial charge < -0.3 is 14.9 Å². The average Bonchev–Trinajstić information content (AvgIpc) is 2.59. The molecule has 2 rings (SSSR count). The van der Waals surface area contributed by atoms with E-state index < -0.39 is 0 Å². The number of rotatable bonds is 6. The molecule has 23 heavy (non-hydrogen) atoms. The highest BCUT2D eigenvalue weighted by atomic mass is 16.6. The molecule has 0 atom stereocenters. The molecule has 0 heterocycles. The topological polar surface area (TPSA) is 59.9 Å². The van der Waals surface area contributed by atoms with Crippen molar-refractivity contribution >= 4 is 11.6 Å². The Balaban J connectivity index is 2.28. The quantitative estimate of drug-likeness (QED) is 0.659. The van der Waals surface area contributed by atoms with Crippen molar-refractivity contribution < 1.29 is 14.4 Å². The van der Waals surface area contributed by atoms with Gasteiger partial charge in [-0.1, -0.05) is 47.6 Å². The van der Waals surface area contributed by atoms with Crippen molar-refractivity contribution in [3.63, 3.8) is 0 Å². The van der Waals surface area contributed by atoms with E-state index in [2.05, 4.69) is 10.5 Å². The Kier molecular flexibility index (Phi) is 5.74. The number of likely N-dealkylation sites (N-methyl/N-ethyl adjacent to an activating group) is 1. The summed E-state index contributed by atoms with van der Waals surface area (Å²) in [7, 11) is 2.97. The fourth-order valence-electron chi connectivity index (χ4n) is 2.17. The first-order valence-electron chi connectivity index (χ1n) is 7.27. The first kappa shape index (κ1) is 16.5. The van der Waals surface area contributed by atoms with E-state index in [4.69, 9.17) is 9.57 Å². The number of oxime groups is 1. The Labute approximate surface area is 135 Å². The van der Waals surface area contributed by atoms with E-state index in [0.29, 0.717) is 12.2 Å². The normalized spacial score (nSPS) is 11.0. The average molecular weight is 312 g/mol. The Morgan fingerprint density at radius 2 is 1.83 bits per heavy atom. The number of carbonyl (C=O) groups excluding carboxylic acids is 1. The second-order valence-electron chi connectivity index (χ2n) is 4.91. The van der Waals surface area contributed by atoms with Gasteiger partial charge in [-0.15, -0.1) is 0 Å². The molecule has 0 aliphatic carbocycles. The van der Waals surface area contributed by atoms with Crippen LogP contribution in [0.2, 0.25) is 0 Å². The number of amides is 1. The maximum Gasteiger partial charge on any atom is 0.273 e. The molecule has 0 aliphatic rings. The van der Waals surface area contributed by atoms with E-state index in [9.17, 15) is 4.79 Å². The largest absolute Gasteiger partial charge is 0.489 e. The number of benzene rings is 2. The molecule has 2 aromatic rings. The third-order valence-electron chi connectivity index (χ3n) is 3.37. The predicted molar refractivity (Wildman–Crippen MR) is 89.6 cm³/mol. The molecule has 0 aromatic heterocycles. The molecule has 2 aromatic carbocycles. The molecule has 1 amide bonds. The van der Waals surface area contributed by atoms with Crippen LogP contribution in [-0.2, 0) is 16.2 Å². The van der Waals surface area contributed by atoms with Crippen molar-refractivity contribution in [3.05, 3.63) is 65.2 Å². The molecule has 1 N–H and O–H groups in total. The highest BCUT2D eigenvalue weighted by molar-refractivity contribution is 6.45. The van der Waals surface area contributed by atoms with Gasteiger partial charge in [0.25, 0.3) is 5.91 Å². The third-order valence-corrected chi connectivity index (χ3v) is 3.37. The summed E-state index contributed by atoms with van der Waals surface area (Å²) < 4.78 is 5.88. The minimum atomic E-state index is -0.310. The van der Waals surface area contributed by atoms with Crippen LogP contribution in [0.4, 0.5) is 0 Å². The molecule has 5 heteroatoms. The van der Waals surface area contributed by atoms with E-state index in [1.165, 1.54) is 7.11 Å². The molecule has 5 nitrogen and oxygen atoms in total. The summed E-state index contributed by atoms with van der Waals surface area (Å²) in [6.45, 7) is 2.32. The van der Waals surface area contributed by atoms with Crippen molar-refractivity contribution in [1.29, 1.82) is 0 Å². The van der Waals surface area contributed by atoms with E-state index in [1.807, 2.05) is 55.5 Å². The lowest BCUT2D eigenvalue weighted by Gasteiger charge is -2.13. The van der Waals surface area contributed by atoms with Crippen LogP contribution >= 0.6 is 0 Å². The second-order valence-corrected chi connectivity index (χ2v) is 4.91. The fourth-order valence-corrected chi connectivity index (χ4v) is 2.17. The number of hydrogen-bond acceptors (Lipinski definition) is 4. The SMILES string of the molecule is CNC(=O)/C(=N\OC)c1ccccc1COc1ccccc1C. The first-order valence-corrected chi connectivity index (χ1v) is 7.27. The summed E-state index contributed by atoms with van der Waals surface area (Å²) >= 11 is 0. The standard InChI is InChI=1S/C18H20N2O3/c1-13-8-4-7-11-16(13)23-12-14-9-5-6-10-15(14)17(20-22-3)18(21)19-2/h4-11H,12H2,1-3H3,(H,19,21)/b20-17-. The van der Waals surface area contributed by atoms with Crippen molar-refractivity contribution in [3.8, 4) is 5.75 Å². The van der Waals surface area contributed by atoms with Crippen molar-refractivity contribution in [2.45, 2.75) is 13.5 Å². The van der Waals surface area contributed by atoms with Gasteiger partial charge in [-0.05, 0) is 24.1 Å². The zero-order valence-electron chi connectivity index (χ0n) is 13.5. The van der Waals surface area contributed by atoms with Crippen molar-refractivity contribution in [2.75, 3.05) is 14.2 Å². The van der Waals surface area contributed by atoms with Crippen molar-refractivity contribution in [1.82, 2.24) is 5.32 Å². The van der Waals surface area contributed by atoms with E-state index in [-0.39, 0.29) is 11.6 Å².